The Morgan fingerprint density at radius 3 is 2.08 bits per heavy atom. The summed E-state index contributed by atoms with van der Waals surface area (Å²) in [6.07, 6.45) is 8.26. The third kappa shape index (κ3) is 7.88. The molecule has 3 aromatic carbocycles. The molecule has 0 saturated carbocycles. The zero-order valence-electron chi connectivity index (χ0n) is 34.8. The molecule has 3 saturated heterocycles. The number of fused-ring (bicyclic) bond motifs is 3. The fourth-order valence-corrected chi connectivity index (χ4v) is 13.2. The highest BCUT2D eigenvalue weighted by Gasteiger charge is 2.67. The number of anilines is 3. The van der Waals surface area contributed by atoms with Crippen LogP contribution in [0.25, 0.3) is 0 Å². The van der Waals surface area contributed by atoms with Gasteiger partial charge in [0.2, 0.25) is 26.1 Å². The Morgan fingerprint density at radius 1 is 0.831 bits per heavy atom. The van der Waals surface area contributed by atoms with E-state index in [0.29, 0.717) is 55.8 Å². The van der Waals surface area contributed by atoms with Crippen molar-refractivity contribution in [3.63, 3.8) is 0 Å². The number of ether oxygens (including phenoxy) is 1. The number of nitrogens with zero attached hydrogens (tertiary/aromatic N) is 4. The first-order valence-electron chi connectivity index (χ1n) is 21.9. The second-order valence-electron chi connectivity index (χ2n) is 18.0. The van der Waals surface area contributed by atoms with Crippen LogP contribution in [0.5, 0.6) is 0 Å². The van der Waals surface area contributed by atoms with Gasteiger partial charge in [-0.05, 0) is 92.2 Å². The fourth-order valence-electron chi connectivity index (χ4n) is 10.7. The smallest absolute Gasteiger partial charge is 0.264 e. The number of carbonyl (C=O) groups excluding carboxylic acids is 4. The molecule has 5 heterocycles. The second-order valence-corrected chi connectivity index (χ2v) is 21.8. The quantitative estimate of drug-likeness (QED) is 0.183. The van der Waals surface area contributed by atoms with E-state index in [1.165, 1.54) is 0 Å². The van der Waals surface area contributed by atoms with Crippen molar-refractivity contribution in [3.8, 4) is 0 Å². The molecular weight excluding hydrogens is 764 g/mol. The van der Waals surface area contributed by atoms with Crippen molar-refractivity contribution in [1.29, 1.82) is 0 Å². The summed E-state index contributed by atoms with van der Waals surface area (Å²) in [5, 5.41) is 10.4. The van der Waals surface area contributed by atoms with Crippen LogP contribution in [0.4, 0.5) is 21.2 Å². The van der Waals surface area contributed by atoms with Crippen molar-refractivity contribution < 1.29 is 33.1 Å². The van der Waals surface area contributed by atoms with E-state index in [2.05, 4.69) is 0 Å². The molecule has 12 heteroatoms. The molecule has 0 aromatic heterocycles. The molecule has 0 bridgehead atoms. The molecule has 10 nitrogen and oxygen atoms in total. The van der Waals surface area contributed by atoms with Crippen LogP contribution in [0.1, 0.15) is 99.8 Å². The van der Waals surface area contributed by atoms with E-state index in [0.717, 1.165) is 73.7 Å². The van der Waals surface area contributed by atoms with Gasteiger partial charge in [0, 0.05) is 60.9 Å². The zero-order valence-corrected chi connectivity index (χ0v) is 35.8. The maximum atomic E-state index is 16.9. The summed E-state index contributed by atoms with van der Waals surface area (Å²) in [5.74, 6) is -1.00. The van der Waals surface area contributed by atoms with Gasteiger partial charge in [0.15, 0.2) is 5.60 Å². The predicted octanol–water partition coefficient (Wildman–Crippen LogP) is 7.94. The summed E-state index contributed by atoms with van der Waals surface area (Å²) < 4.78 is 23.9. The van der Waals surface area contributed by atoms with E-state index in [4.69, 9.17) is 4.74 Å². The first-order chi connectivity index (χ1) is 28.4. The molecule has 314 valence electrons. The number of benzene rings is 3. The molecular formula is C47H59FN4O6Si. The Labute approximate surface area is 348 Å². The van der Waals surface area contributed by atoms with Crippen LogP contribution in [-0.2, 0) is 49.0 Å². The highest BCUT2D eigenvalue weighted by atomic mass is 28.4. The second kappa shape index (κ2) is 16.9. The van der Waals surface area contributed by atoms with E-state index in [-0.39, 0.29) is 43.2 Å². The molecule has 1 spiro atoms. The zero-order chi connectivity index (χ0) is 41.5. The molecule has 1 N–H and O–H groups in total. The van der Waals surface area contributed by atoms with E-state index < -0.39 is 37.6 Å². The molecule has 59 heavy (non-hydrogen) atoms. The molecule has 0 radical (unpaired) electrons. The van der Waals surface area contributed by atoms with E-state index in [1.54, 1.807) is 22.9 Å². The summed E-state index contributed by atoms with van der Waals surface area (Å²) in [6.45, 7) is 6.76. The van der Waals surface area contributed by atoms with Crippen molar-refractivity contribution in [1.82, 2.24) is 4.90 Å². The largest absolute Gasteiger partial charge is 0.394 e. The van der Waals surface area contributed by atoms with Crippen LogP contribution in [0, 0.1) is 5.92 Å². The van der Waals surface area contributed by atoms with Crippen LogP contribution in [0.2, 0.25) is 18.6 Å². The SMILES string of the molecule is C[C@H]1[C@H]([Si](C)(C)F)[C@@H](CC(=O)N2Cc3ccccc3C[C@H]2CO)O[C@]12C(=O)N(Cc1ccc(N3CCCCCCC3=O)cc1)c1ccc(N3CCCCCCC3=O)cc12. The Hall–Kier alpha value is -4.39. The minimum Gasteiger partial charge on any atom is -0.394 e. The molecule has 5 aliphatic rings. The molecule has 0 unspecified atom stereocenters. The van der Waals surface area contributed by atoms with Gasteiger partial charge in [-0.3, -0.25) is 19.2 Å². The molecule has 4 amide bonds. The maximum Gasteiger partial charge on any atom is 0.264 e. The Kier molecular flexibility index (Phi) is 11.9. The minimum atomic E-state index is -3.61. The first kappa shape index (κ1) is 41.3. The number of aliphatic hydroxyl groups is 1. The molecule has 3 fully saturated rings. The summed E-state index contributed by atoms with van der Waals surface area (Å²) >= 11 is 0. The summed E-state index contributed by atoms with van der Waals surface area (Å²) in [7, 11) is -3.61. The highest BCUT2D eigenvalue weighted by molar-refractivity contribution is 6.72. The number of hydrogen-bond acceptors (Lipinski definition) is 6. The van der Waals surface area contributed by atoms with Gasteiger partial charge >= 0.3 is 0 Å². The molecule has 0 aliphatic carbocycles. The lowest BCUT2D eigenvalue weighted by molar-refractivity contribution is -0.151. The Morgan fingerprint density at radius 2 is 1.44 bits per heavy atom. The van der Waals surface area contributed by atoms with Gasteiger partial charge in [-0.25, -0.2) is 0 Å². The van der Waals surface area contributed by atoms with Crippen LogP contribution >= 0.6 is 0 Å². The third-order valence-electron chi connectivity index (χ3n) is 13.8. The fraction of sp³-hybridized carbons (Fsp3) is 0.532. The number of halogens is 1. The normalized spacial score (nSPS) is 26.7. The lowest BCUT2D eigenvalue weighted by atomic mass is 9.82. The number of hydrogen-bond donors (Lipinski definition) is 1. The lowest BCUT2D eigenvalue weighted by Crippen LogP contribution is -2.48. The van der Waals surface area contributed by atoms with Gasteiger partial charge in [0.05, 0.1) is 37.4 Å². The van der Waals surface area contributed by atoms with Crippen molar-refractivity contribution in [2.75, 3.05) is 34.4 Å². The predicted molar refractivity (Wildman–Crippen MR) is 229 cm³/mol. The Bertz CT molecular complexity index is 2070. The molecule has 8 rings (SSSR count). The number of amides is 4. The summed E-state index contributed by atoms with van der Waals surface area (Å²) in [4.78, 5) is 63.4. The van der Waals surface area contributed by atoms with Crippen molar-refractivity contribution >= 4 is 49.1 Å². The van der Waals surface area contributed by atoms with Crippen LogP contribution in [0.3, 0.4) is 0 Å². The van der Waals surface area contributed by atoms with E-state index in [1.807, 2.05) is 83.5 Å². The number of aliphatic hydroxyl groups excluding tert-OH is 1. The average Bonchev–Trinajstić information content (AvgIpc) is 3.63. The average molecular weight is 823 g/mol. The van der Waals surface area contributed by atoms with Gasteiger partial charge < -0.3 is 33.6 Å². The number of carbonyl (C=O) groups is 4. The topological polar surface area (TPSA) is 111 Å². The summed E-state index contributed by atoms with van der Waals surface area (Å²) in [5.41, 5.74) is 3.46. The monoisotopic (exact) mass is 822 g/mol. The van der Waals surface area contributed by atoms with Crippen molar-refractivity contribution in [2.45, 2.75) is 133 Å². The van der Waals surface area contributed by atoms with Crippen molar-refractivity contribution in [2.24, 2.45) is 5.92 Å². The Balaban J connectivity index is 1.15. The van der Waals surface area contributed by atoms with Crippen LogP contribution in [-0.4, -0.2) is 73.9 Å². The molecule has 3 aromatic rings. The standard InChI is InChI=1S/C47H59FN4O6Si/c1-32-45(59(2,3)48)41(28-44(56)51-30-35-15-11-10-14-34(35)26-38(51)31-53)58-47(32)39-27-37(50-25-13-7-5-9-17-43(50)55)22-23-40(39)52(46(47)57)29-33-18-20-36(21-19-33)49-24-12-6-4-8-16-42(49)54/h10-11,14-15,18-23,27,32,38,41,45,53H,4-9,12-13,16-17,24-26,28-31H2,1-3H3/t32-,38-,41+,45-,47+/m0/s1. The third-order valence-corrected chi connectivity index (χ3v) is 16.2. The molecule has 5 atom stereocenters. The maximum absolute atomic E-state index is 16.9. The van der Waals surface area contributed by atoms with E-state index in [9.17, 15) is 19.5 Å². The van der Waals surface area contributed by atoms with Gasteiger partial charge in [-0.2, -0.15) is 0 Å². The van der Waals surface area contributed by atoms with Gasteiger partial charge in [0.25, 0.3) is 5.91 Å². The lowest BCUT2D eigenvalue weighted by Gasteiger charge is -2.37. The highest BCUT2D eigenvalue weighted by Crippen LogP contribution is 2.61. The molecule has 5 aliphatic heterocycles. The van der Waals surface area contributed by atoms with Gasteiger partial charge in [0.1, 0.15) is 0 Å². The summed E-state index contributed by atoms with van der Waals surface area (Å²) in [6, 6.07) is 21.0. The van der Waals surface area contributed by atoms with Crippen LogP contribution < -0.4 is 14.7 Å². The minimum absolute atomic E-state index is 0.0408. The first-order valence-corrected chi connectivity index (χ1v) is 24.9. The van der Waals surface area contributed by atoms with E-state index >= 15 is 8.90 Å². The van der Waals surface area contributed by atoms with Gasteiger partial charge in [-0.15, -0.1) is 0 Å². The van der Waals surface area contributed by atoms with Gasteiger partial charge in [-0.1, -0.05) is 69.0 Å². The van der Waals surface area contributed by atoms with Crippen LogP contribution in [0.15, 0.2) is 66.7 Å². The number of rotatable bonds is 8. The van der Waals surface area contributed by atoms with Crippen molar-refractivity contribution in [3.05, 3.63) is 89.0 Å².